The molecule has 94 valence electrons. The van der Waals surface area contributed by atoms with Crippen LogP contribution in [0, 0.1) is 5.92 Å². The summed E-state index contributed by atoms with van der Waals surface area (Å²) in [5.74, 6) is 0.635. The van der Waals surface area contributed by atoms with Crippen molar-refractivity contribution >= 4 is 17.3 Å². The minimum Gasteiger partial charge on any atom is -0.362 e. The molecule has 16 heavy (non-hydrogen) atoms. The number of nitrogens with one attached hydrogen (secondary N) is 2. The monoisotopic (exact) mass is 243 g/mol. The van der Waals surface area contributed by atoms with Gasteiger partial charge in [-0.2, -0.15) is 0 Å². The lowest BCUT2D eigenvalue weighted by Gasteiger charge is -2.35. The molecule has 0 spiro atoms. The third-order valence-corrected chi connectivity index (χ3v) is 3.48. The molecule has 0 radical (unpaired) electrons. The Morgan fingerprint density at radius 3 is 2.75 bits per heavy atom. The molecule has 0 bridgehead atoms. The number of likely N-dealkylation sites (tertiary alicyclic amines) is 1. The lowest BCUT2D eigenvalue weighted by Crippen LogP contribution is -2.50. The third-order valence-electron chi connectivity index (χ3n) is 3.21. The first-order valence-electron chi connectivity index (χ1n) is 6.23. The summed E-state index contributed by atoms with van der Waals surface area (Å²) in [6.07, 6.45) is 2.37. The van der Waals surface area contributed by atoms with Crippen LogP contribution < -0.4 is 10.6 Å². The molecule has 4 heteroatoms. The van der Waals surface area contributed by atoms with E-state index in [0.717, 1.165) is 18.2 Å². The average molecular weight is 243 g/mol. The van der Waals surface area contributed by atoms with Gasteiger partial charge in [-0.15, -0.1) is 0 Å². The number of hydrogen-bond acceptors (Lipinski definition) is 2. The second-order valence-electron chi connectivity index (χ2n) is 5.30. The van der Waals surface area contributed by atoms with E-state index in [2.05, 4.69) is 43.4 Å². The summed E-state index contributed by atoms with van der Waals surface area (Å²) >= 11 is 5.29. The van der Waals surface area contributed by atoms with Gasteiger partial charge in [0, 0.05) is 25.2 Å². The predicted molar refractivity (Wildman–Crippen MR) is 73.7 cm³/mol. The van der Waals surface area contributed by atoms with E-state index < -0.39 is 0 Å². The van der Waals surface area contributed by atoms with Gasteiger partial charge < -0.3 is 15.5 Å². The third kappa shape index (κ3) is 4.66. The molecule has 1 fully saturated rings. The van der Waals surface area contributed by atoms with Gasteiger partial charge in [-0.25, -0.2) is 0 Å². The number of nitrogens with zero attached hydrogens (tertiary/aromatic N) is 1. The van der Waals surface area contributed by atoms with Gasteiger partial charge in [0.05, 0.1) is 0 Å². The standard InChI is InChI=1S/C12H25N3S/c1-9(2)8-13-12(16)14-11-5-6-15(4)10(3)7-11/h9-11H,5-8H2,1-4H3,(H2,13,14,16). The molecular formula is C12H25N3S. The predicted octanol–water partition coefficient (Wildman–Crippen LogP) is 1.59. The van der Waals surface area contributed by atoms with Crippen LogP contribution in [-0.2, 0) is 0 Å². The Labute approximate surface area is 105 Å². The maximum absolute atomic E-state index is 5.29. The van der Waals surface area contributed by atoms with Crippen LogP contribution in [0.5, 0.6) is 0 Å². The fraction of sp³-hybridized carbons (Fsp3) is 0.917. The summed E-state index contributed by atoms with van der Waals surface area (Å²) in [5, 5.41) is 7.50. The van der Waals surface area contributed by atoms with Crippen molar-refractivity contribution in [1.82, 2.24) is 15.5 Å². The Morgan fingerprint density at radius 2 is 2.19 bits per heavy atom. The van der Waals surface area contributed by atoms with E-state index in [9.17, 15) is 0 Å². The van der Waals surface area contributed by atoms with Gasteiger partial charge >= 0.3 is 0 Å². The normalized spacial score (nSPS) is 26.8. The highest BCUT2D eigenvalue weighted by Gasteiger charge is 2.22. The molecule has 0 saturated carbocycles. The minimum atomic E-state index is 0.540. The van der Waals surface area contributed by atoms with E-state index >= 15 is 0 Å². The first-order chi connectivity index (χ1) is 7.49. The molecule has 2 atom stereocenters. The Hall–Kier alpha value is -0.350. The molecule has 1 aliphatic heterocycles. The number of thiocarbonyl (C=S) groups is 1. The first kappa shape index (κ1) is 13.7. The van der Waals surface area contributed by atoms with Gasteiger partial charge in [0.25, 0.3) is 0 Å². The highest BCUT2D eigenvalue weighted by Crippen LogP contribution is 2.14. The van der Waals surface area contributed by atoms with E-state index in [0.29, 0.717) is 18.0 Å². The highest BCUT2D eigenvalue weighted by atomic mass is 32.1. The minimum absolute atomic E-state index is 0.540. The fourth-order valence-electron chi connectivity index (χ4n) is 1.95. The quantitative estimate of drug-likeness (QED) is 0.736. The van der Waals surface area contributed by atoms with Crippen molar-refractivity contribution in [2.45, 2.75) is 45.7 Å². The summed E-state index contributed by atoms with van der Waals surface area (Å²) in [7, 11) is 2.19. The molecule has 0 aromatic rings. The van der Waals surface area contributed by atoms with Crippen LogP contribution >= 0.6 is 12.2 Å². The second-order valence-corrected chi connectivity index (χ2v) is 5.71. The fourth-order valence-corrected chi connectivity index (χ4v) is 2.20. The SMILES string of the molecule is CC(C)CNC(=S)NC1CCN(C)C(C)C1. The van der Waals surface area contributed by atoms with Crippen molar-refractivity contribution in [2.24, 2.45) is 5.92 Å². The molecule has 3 nitrogen and oxygen atoms in total. The lowest BCUT2D eigenvalue weighted by atomic mass is 9.99. The average Bonchev–Trinajstić information content (AvgIpc) is 2.21. The van der Waals surface area contributed by atoms with Gasteiger partial charge in [0.2, 0.25) is 0 Å². The Kier molecular flexibility index (Phi) is 5.49. The van der Waals surface area contributed by atoms with E-state index in [1.165, 1.54) is 12.8 Å². The van der Waals surface area contributed by atoms with Crippen LogP contribution in [0.1, 0.15) is 33.6 Å². The van der Waals surface area contributed by atoms with E-state index in [-0.39, 0.29) is 0 Å². The van der Waals surface area contributed by atoms with Crippen LogP contribution in [-0.4, -0.2) is 42.2 Å². The second kappa shape index (κ2) is 6.40. The van der Waals surface area contributed by atoms with E-state index in [1.54, 1.807) is 0 Å². The Balaban J connectivity index is 2.24. The number of rotatable bonds is 3. The van der Waals surface area contributed by atoms with Crippen LogP contribution in [0.15, 0.2) is 0 Å². The summed E-state index contributed by atoms with van der Waals surface area (Å²) in [6, 6.07) is 1.19. The zero-order valence-corrected chi connectivity index (χ0v) is 11.7. The lowest BCUT2D eigenvalue weighted by molar-refractivity contribution is 0.177. The number of hydrogen-bond donors (Lipinski definition) is 2. The molecular weight excluding hydrogens is 218 g/mol. The molecule has 2 N–H and O–H groups in total. The summed E-state index contributed by atoms with van der Waals surface area (Å²) < 4.78 is 0. The Bertz CT molecular complexity index is 230. The van der Waals surface area contributed by atoms with Crippen LogP contribution in [0.4, 0.5) is 0 Å². The molecule has 0 aromatic heterocycles. The zero-order valence-electron chi connectivity index (χ0n) is 10.9. The van der Waals surface area contributed by atoms with Crippen molar-refractivity contribution in [3.63, 3.8) is 0 Å². The van der Waals surface area contributed by atoms with Crippen LogP contribution in [0.2, 0.25) is 0 Å². The van der Waals surface area contributed by atoms with Crippen molar-refractivity contribution < 1.29 is 0 Å². The first-order valence-corrected chi connectivity index (χ1v) is 6.64. The van der Waals surface area contributed by atoms with Gasteiger partial charge in [0.1, 0.15) is 0 Å². The molecule has 0 aromatic carbocycles. The van der Waals surface area contributed by atoms with Crippen molar-refractivity contribution in [1.29, 1.82) is 0 Å². The van der Waals surface area contributed by atoms with Gasteiger partial charge in [-0.1, -0.05) is 13.8 Å². The molecule has 1 aliphatic rings. The molecule has 0 amide bonds. The Morgan fingerprint density at radius 1 is 1.50 bits per heavy atom. The van der Waals surface area contributed by atoms with E-state index in [4.69, 9.17) is 12.2 Å². The number of piperidine rings is 1. The van der Waals surface area contributed by atoms with Crippen LogP contribution in [0.3, 0.4) is 0 Å². The maximum atomic E-state index is 5.29. The topological polar surface area (TPSA) is 27.3 Å². The van der Waals surface area contributed by atoms with Crippen molar-refractivity contribution in [3.05, 3.63) is 0 Å². The van der Waals surface area contributed by atoms with E-state index in [1.807, 2.05) is 0 Å². The van der Waals surface area contributed by atoms with Crippen LogP contribution in [0.25, 0.3) is 0 Å². The van der Waals surface area contributed by atoms with Crippen molar-refractivity contribution in [2.75, 3.05) is 20.1 Å². The summed E-state index contributed by atoms with van der Waals surface area (Å²) in [4.78, 5) is 2.41. The summed E-state index contributed by atoms with van der Waals surface area (Å²) in [5.41, 5.74) is 0. The zero-order chi connectivity index (χ0) is 12.1. The molecule has 1 heterocycles. The summed E-state index contributed by atoms with van der Waals surface area (Å²) in [6.45, 7) is 8.76. The molecule has 1 rings (SSSR count). The van der Waals surface area contributed by atoms with Gasteiger partial charge in [-0.05, 0) is 44.9 Å². The molecule has 1 saturated heterocycles. The molecule has 0 aliphatic carbocycles. The highest BCUT2D eigenvalue weighted by molar-refractivity contribution is 7.80. The largest absolute Gasteiger partial charge is 0.362 e. The maximum Gasteiger partial charge on any atom is 0.166 e. The van der Waals surface area contributed by atoms with Gasteiger partial charge in [0.15, 0.2) is 5.11 Å². The molecule has 2 unspecified atom stereocenters. The van der Waals surface area contributed by atoms with Gasteiger partial charge in [-0.3, -0.25) is 0 Å². The van der Waals surface area contributed by atoms with Crippen molar-refractivity contribution in [3.8, 4) is 0 Å². The smallest absolute Gasteiger partial charge is 0.166 e.